The van der Waals surface area contributed by atoms with Gasteiger partial charge in [0.1, 0.15) is 16.8 Å². The fourth-order valence-electron chi connectivity index (χ4n) is 3.29. The molecule has 7 nitrogen and oxygen atoms in total. The number of hydrogen-bond acceptors (Lipinski definition) is 6. The summed E-state index contributed by atoms with van der Waals surface area (Å²) in [5.74, 6) is 0.0624. The van der Waals surface area contributed by atoms with Gasteiger partial charge in [0.25, 0.3) is 0 Å². The summed E-state index contributed by atoms with van der Waals surface area (Å²) in [6.07, 6.45) is 0.166. The molecule has 1 atom stereocenters. The highest BCUT2D eigenvalue weighted by atomic mass is 16.5. The summed E-state index contributed by atoms with van der Waals surface area (Å²) in [7, 11) is 4.77. The Morgan fingerprint density at radius 2 is 2.00 bits per heavy atom. The first kappa shape index (κ1) is 18.8. The Bertz CT molecular complexity index is 981. The number of hydrogen-bond donors (Lipinski definition) is 1. The molecule has 0 aliphatic carbocycles. The number of methoxy groups -OCH3 is 2. The molecule has 0 spiro atoms. The van der Waals surface area contributed by atoms with E-state index < -0.39 is 0 Å². The van der Waals surface area contributed by atoms with E-state index in [2.05, 4.69) is 10.3 Å². The Labute approximate surface area is 157 Å². The topological polar surface area (TPSA) is 86.5 Å². The van der Waals surface area contributed by atoms with Crippen molar-refractivity contribution < 1.29 is 19.4 Å². The lowest BCUT2D eigenvalue weighted by atomic mass is 9.86. The van der Waals surface area contributed by atoms with Crippen LogP contribution in [0.5, 0.6) is 5.75 Å². The maximum atomic E-state index is 12.1. The Kier molecular flexibility index (Phi) is 5.41. The van der Waals surface area contributed by atoms with Crippen LogP contribution in [0.15, 0.2) is 30.3 Å². The van der Waals surface area contributed by atoms with Crippen LogP contribution in [0.3, 0.4) is 0 Å². The van der Waals surface area contributed by atoms with Crippen molar-refractivity contribution >= 4 is 17.0 Å². The summed E-state index contributed by atoms with van der Waals surface area (Å²) >= 11 is 0. The molecule has 0 fully saturated rings. The summed E-state index contributed by atoms with van der Waals surface area (Å²) in [4.78, 5) is 12.1. The van der Waals surface area contributed by atoms with Crippen molar-refractivity contribution in [2.24, 2.45) is 7.05 Å². The Morgan fingerprint density at radius 1 is 1.22 bits per heavy atom. The molecule has 0 bridgehead atoms. The van der Waals surface area contributed by atoms with Crippen molar-refractivity contribution in [3.05, 3.63) is 52.6 Å². The third-order valence-corrected chi connectivity index (χ3v) is 4.85. The van der Waals surface area contributed by atoms with Gasteiger partial charge in [0.05, 0.1) is 27.2 Å². The van der Waals surface area contributed by atoms with Crippen LogP contribution < -0.4 is 4.74 Å². The maximum Gasteiger partial charge on any atom is 0.306 e. The van der Waals surface area contributed by atoms with Gasteiger partial charge in [0, 0.05) is 13.0 Å². The minimum atomic E-state index is -0.315. The summed E-state index contributed by atoms with van der Waals surface area (Å²) < 4.78 is 12.1. The number of aromatic nitrogens is 3. The van der Waals surface area contributed by atoms with Crippen molar-refractivity contribution in [1.82, 2.24) is 15.0 Å². The number of nitrogens with zero attached hydrogens (tertiary/aromatic N) is 3. The predicted molar refractivity (Wildman–Crippen MR) is 101 cm³/mol. The van der Waals surface area contributed by atoms with Crippen LogP contribution in [0.1, 0.15) is 34.6 Å². The fraction of sp³-hybridized carbons (Fsp3) is 0.350. The van der Waals surface area contributed by atoms with Crippen LogP contribution in [0.2, 0.25) is 0 Å². The number of carbonyl (C=O) groups excluding carboxylic acids is 1. The van der Waals surface area contributed by atoms with Gasteiger partial charge in [-0.25, -0.2) is 4.68 Å². The molecule has 0 aliphatic heterocycles. The number of esters is 1. The zero-order chi connectivity index (χ0) is 19.6. The second kappa shape index (κ2) is 7.75. The van der Waals surface area contributed by atoms with Crippen molar-refractivity contribution in [1.29, 1.82) is 0 Å². The Hall–Kier alpha value is -2.93. The van der Waals surface area contributed by atoms with Gasteiger partial charge in [0.15, 0.2) is 0 Å². The molecule has 1 aromatic heterocycles. The molecule has 27 heavy (non-hydrogen) atoms. The Morgan fingerprint density at radius 3 is 2.67 bits per heavy atom. The second-order valence-electron chi connectivity index (χ2n) is 6.48. The first-order valence-electron chi connectivity index (χ1n) is 8.62. The normalized spacial score (nSPS) is 12.2. The van der Waals surface area contributed by atoms with E-state index in [0.717, 1.165) is 27.8 Å². The lowest BCUT2D eigenvalue weighted by Gasteiger charge is -2.19. The van der Waals surface area contributed by atoms with Crippen LogP contribution in [-0.4, -0.2) is 40.3 Å². The quantitative estimate of drug-likeness (QED) is 0.672. The molecule has 142 valence electrons. The van der Waals surface area contributed by atoms with E-state index in [-0.39, 0.29) is 24.9 Å². The molecule has 2 aromatic carbocycles. The minimum absolute atomic E-state index is 0.0584. The first-order chi connectivity index (χ1) is 13.0. The van der Waals surface area contributed by atoms with Gasteiger partial charge in [-0.15, -0.1) is 5.10 Å². The van der Waals surface area contributed by atoms with Gasteiger partial charge >= 0.3 is 5.97 Å². The number of aryl methyl sites for hydroxylation is 2. The lowest BCUT2D eigenvalue weighted by molar-refractivity contribution is -0.140. The van der Waals surface area contributed by atoms with E-state index >= 15 is 0 Å². The number of rotatable bonds is 6. The van der Waals surface area contributed by atoms with Crippen molar-refractivity contribution in [2.45, 2.75) is 25.9 Å². The fourth-order valence-corrected chi connectivity index (χ4v) is 3.29. The number of fused-ring (bicyclic) bond motifs is 1. The number of carbonyl (C=O) groups is 1. The number of aliphatic hydroxyl groups excluding tert-OH is 1. The SMILES string of the molecule is COC(=O)CC(c1ccc(C)c(CO)c1)c1cc(OC)c2c(c1)nnn2C. The van der Waals surface area contributed by atoms with E-state index in [1.807, 2.05) is 37.3 Å². The molecular formula is C20H23N3O4. The molecule has 0 aliphatic rings. The molecule has 7 heteroatoms. The highest BCUT2D eigenvalue weighted by Crippen LogP contribution is 2.35. The molecule has 1 unspecified atom stereocenters. The van der Waals surface area contributed by atoms with E-state index in [0.29, 0.717) is 11.3 Å². The summed E-state index contributed by atoms with van der Waals surface area (Å²) in [6, 6.07) is 9.66. The van der Waals surface area contributed by atoms with Gasteiger partial charge in [-0.3, -0.25) is 4.79 Å². The van der Waals surface area contributed by atoms with Crippen LogP contribution >= 0.6 is 0 Å². The molecule has 0 saturated heterocycles. The molecule has 3 aromatic rings. The first-order valence-corrected chi connectivity index (χ1v) is 8.62. The molecule has 0 saturated carbocycles. The molecule has 1 N–H and O–H groups in total. The molecule has 0 amide bonds. The van der Waals surface area contributed by atoms with Gasteiger partial charge < -0.3 is 14.6 Å². The van der Waals surface area contributed by atoms with Crippen molar-refractivity contribution in [2.75, 3.05) is 14.2 Å². The largest absolute Gasteiger partial charge is 0.494 e. The highest BCUT2D eigenvalue weighted by Gasteiger charge is 2.22. The monoisotopic (exact) mass is 369 g/mol. The molecule has 1 heterocycles. The van der Waals surface area contributed by atoms with Crippen molar-refractivity contribution in [3.63, 3.8) is 0 Å². The van der Waals surface area contributed by atoms with Gasteiger partial charge in [-0.05, 0) is 41.3 Å². The highest BCUT2D eigenvalue weighted by molar-refractivity contribution is 5.83. The van der Waals surface area contributed by atoms with E-state index in [9.17, 15) is 9.90 Å². The number of benzene rings is 2. The van der Waals surface area contributed by atoms with Crippen LogP contribution in [0, 0.1) is 6.92 Å². The van der Waals surface area contributed by atoms with Crippen LogP contribution in [-0.2, 0) is 23.2 Å². The Balaban J connectivity index is 2.16. The molecule has 0 radical (unpaired) electrons. The molecule has 3 rings (SSSR count). The number of ether oxygens (including phenoxy) is 2. The van der Waals surface area contributed by atoms with Crippen molar-refractivity contribution in [3.8, 4) is 5.75 Å². The van der Waals surface area contributed by atoms with E-state index in [4.69, 9.17) is 9.47 Å². The smallest absolute Gasteiger partial charge is 0.306 e. The third kappa shape index (κ3) is 3.64. The summed E-state index contributed by atoms with van der Waals surface area (Å²) in [5, 5.41) is 17.9. The zero-order valence-corrected chi connectivity index (χ0v) is 15.9. The van der Waals surface area contributed by atoms with Crippen LogP contribution in [0.4, 0.5) is 0 Å². The van der Waals surface area contributed by atoms with Crippen LogP contribution in [0.25, 0.3) is 11.0 Å². The second-order valence-corrected chi connectivity index (χ2v) is 6.48. The van der Waals surface area contributed by atoms with Gasteiger partial charge in [-0.1, -0.05) is 23.4 Å². The lowest BCUT2D eigenvalue weighted by Crippen LogP contribution is -2.11. The summed E-state index contributed by atoms with van der Waals surface area (Å²) in [6.45, 7) is 1.89. The van der Waals surface area contributed by atoms with Gasteiger partial charge in [-0.2, -0.15) is 0 Å². The van der Waals surface area contributed by atoms with E-state index in [1.54, 1.807) is 18.8 Å². The predicted octanol–water partition coefficient (Wildman–Crippen LogP) is 2.47. The average molecular weight is 369 g/mol. The summed E-state index contributed by atoms with van der Waals surface area (Å²) in [5.41, 5.74) is 5.10. The average Bonchev–Trinajstić information content (AvgIpc) is 3.06. The standard InChI is InChI=1S/C20H23N3O4/c1-12-5-6-13(7-15(12)11-24)16(10-19(25)27-4)14-8-17-20(18(9-14)26-3)23(2)22-21-17/h5-9,16,24H,10-11H2,1-4H3. The number of aliphatic hydroxyl groups is 1. The third-order valence-electron chi connectivity index (χ3n) is 4.85. The zero-order valence-electron chi connectivity index (χ0n) is 15.9. The minimum Gasteiger partial charge on any atom is -0.494 e. The maximum absolute atomic E-state index is 12.1. The molecular weight excluding hydrogens is 346 g/mol. The van der Waals surface area contributed by atoms with Gasteiger partial charge in [0.2, 0.25) is 0 Å². The van der Waals surface area contributed by atoms with E-state index in [1.165, 1.54) is 7.11 Å².